The van der Waals surface area contributed by atoms with Crippen LogP contribution in [0.2, 0.25) is 0 Å². The molecule has 1 saturated carbocycles. The molecule has 0 unspecified atom stereocenters. The second-order valence-corrected chi connectivity index (χ2v) is 10.2. The summed E-state index contributed by atoms with van der Waals surface area (Å²) >= 11 is 0. The second kappa shape index (κ2) is 11.3. The molecule has 9 heteroatoms. The van der Waals surface area contributed by atoms with Crippen molar-refractivity contribution in [2.45, 2.75) is 95.5 Å². The lowest BCUT2D eigenvalue weighted by Gasteiger charge is -2.42. The maximum Gasteiger partial charge on any atom is 0.319 e. The average Bonchev–Trinajstić information content (AvgIpc) is 2.82. The summed E-state index contributed by atoms with van der Waals surface area (Å²) in [5, 5.41) is 8.70. The van der Waals surface area contributed by atoms with Crippen molar-refractivity contribution in [1.29, 1.82) is 0 Å². The van der Waals surface area contributed by atoms with Gasteiger partial charge < -0.3 is 30.3 Å². The van der Waals surface area contributed by atoms with Gasteiger partial charge in [-0.25, -0.2) is 4.79 Å². The molecule has 1 aliphatic carbocycles. The largest absolute Gasteiger partial charge is 0.490 e. The van der Waals surface area contributed by atoms with Gasteiger partial charge in [0.25, 0.3) is 5.91 Å². The standard InChI is InChI=1S/C26H38N4O5/c1-16(2)27-26(33)29-18-9-12-22-20(13-18)25(32)30(3)21-11-10-19(35-23(21)15-34-22)14-24(31)28-17-7-5-4-6-8-17/h9,12-13,16-17,19,21,23H,4-8,10-11,14-15H2,1-3H3,(H,28,31)(H2,27,29,33)/t19-,21-,23-/m0/s1. The van der Waals surface area contributed by atoms with Crippen molar-refractivity contribution in [3.8, 4) is 5.75 Å². The van der Waals surface area contributed by atoms with E-state index < -0.39 is 0 Å². The summed E-state index contributed by atoms with van der Waals surface area (Å²) in [5.74, 6) is 0.319. The first-order valence-corrected chi connectivity index (χ1v) is 12.9. The zero-order valence-electron chi connectivity index (χ0n) is 21.0. The maximum atomic E-state index is 13.3. The van der Waals surface area contributed by atoms with Crippen LogP contribution >= 0.6 is 0 Å². The Morgan fingerprint density at radius 1 is 1.11 bits per heavy atom. The van der Waals surface area contributed by atoms with Gasteiger partial charge in [0.15, 0.2) is 0 Å². The summed E-state index contributed by atoms with van der Waals surface area (Å²) in [4.78, 5) is 39.7. The average molecular weight is 487 g/mol. The Hall–Kier alpha value is -2.81. The molecule has 2 fully saturated rings. The molecule has 0 radical (unpaired) electrons. The Kier molecular flexibility index (Phi) is 8.15. The maximum absolute atomic E-state index is 13.3. The molecular formula is C26H38N4O5. The minimum atomic E-state index is -0.327. The Morgan fingerprint density at radius 3 is 2.63 bits per heavy atom. The van der Waals surface area contributed by atoms with E-state index in [1.54, 1.807) is 30.1 Å². The number of amides is 4. The van der Waals surface area contributed by atoms with Crippen molar-refractivity contribution in [2.24, 2.45) is 0 Å². The first kappa shape index (κ1) is 25.3. The van der Waals surface area contributed by atoms with Gasteiger partial charge in [-0.15, -0.1) is 0 Å². The van der Waals surface area contributed by atoms with Gasteiger partial charge in [-0.1, -0.05) is 19.3 Å². The zero-order valence-corrected chi connectivity index (χ0v) is 21.0. The Labute approximate surface area is 207 Å². The predicted molar refractivity (Wildman–Crippen MR) is 133 cm³/mol. The van der Waals surface area contributed by atoms with Crippen molar-refractivity contribution >= 4 is 23.5 Å². The van der Waals surface area contributed by atoms with Crippen LogP contribution in [0.1, 0.15) is 75.6 Å². The minimum absolute atomic E-state index is 0.000772. The highest BCUT2D eigenvalue weighted by Gasteiger charge is 2.39. The van der Waals surface area contributed by atoms with Gasteiger partial charge in [0.05, 0.1) is 24.1 Å². The van der Waals surface area contributed by atoms with Crippen molar-refractivity contribution in [2.75, 3.05) is 19.0 Å². The lowest BCUT2D eigenvalue weighted by atomic mass is 9.93. The Balaban J connectivity index is 1.39. The van der Waals surface area contributed by atoms with Crippen molar-refractivity contribution in [3.05, 3.63) is 23.8 Å². The summed E-state index contributed by atoms with van der Waals surface area (Å²) in [5.41, 5.74) is 0.926. The topological polar surface area (TPSA) is 109 Å². The molecule has 2 heterocycles. The van der Waals surface area contributed by atoms with E-state index in [0.29, 0.717) is 29.8 Å². The van der Waals surface area contributed by atoms with E-state index in [2.05, 4.69) is 16.0 Å². The molecule has 35 heavy (non-hydrogen) atoms. The van der Waals surface area contributed by atoms with Gasteiger partial charge in [-0.2, -0.15) is 0 Å². The SMILES string of the molecule is CC(C)NC(=O)Nc1ccc2c(c1)C(=O)N(C)[C@H]1CC[C@@H](CC(=O)NC3CCCCC3)O[C@H]1CO2. The van der Waals surface area contributed by atoms with E-state index in [-0.39, 0.29) is 54.8 Å². The number of anilines is 1. The molecule has 3 aliphatic rings. The third-order valence-corrected chi connectivity index (χ3v) is 7.07. The van der Waals surface area contributed by atoms with Crippen LogP contribution in [0.25, 0.3) is 0 Å². The number of carbonyl (C=O) groups is 3. The molecule has 9 nitrogen and oxygen atoms in total. The molecule has 0 bridgehead atoms. The van der Waals surface area contributed by atoms with Crippen LogP contribution in [-0.2, 0) is 9.53 Å². The van der Waals surface area contributed by atoms with Gasteiger partial charge in [0.1, 0.15) is 18.5 Å². The Morgan fingerprint density at radius 2 is 1.89 bits per heavy atom. The minimum Gasteiger partial charge on any atom is -0.490 e. The summed E-state index contributed by atoms with van der Waals surface area (Å²) in [7, 11) is 1.78. The fourth-order valence-corrected chi connectivity index (χ4v) is 5.27. The van der Waals surface area contributed by atoms with E-state index >= 15 is 0 Å². The quantitative estimate of drug-likeness (QED) is 0.591. The highest BCUT2D eigenvalue weighted by molar-refractivity contribution is 5.99. The number of hydrogen-bond acceptors (Lipinski definition) is 5. The molecule has 0 spiro atoms. The third-order valence-electron chi connectivity index (χ3n) is 7.07. The highest BCUT2D eigenvalue weighted by Crippen LogP contribution is 2.32. The lowest BCUT2D eigenvalue weighted by molar-refractivity contribution is -0.134. The fraction of sp³-hybridized carbons (Fsp3) is 0.654. The van der Waals surface area contributed by atoms with Crippen LogP contribution in [0, 0.1) is 0 Å². The molecule has 4 rings (SSSR count). The Bertz CT molecular complexity index is 930. The number of benzene rings is 1. The van der Waals surface area contributed by atoms with Crippen LogP contribution in [0.4, 0.5) is 10.5 Å². The predicted octanol–water partition coefficient (Wildman–Crippen LogP) is 3.44. The monoisotopic (exact) mass is 486 g/mol. The van der Waals surface area contributed by atoms with E-state index in [1.807, 2.05) is 13.8 Å². The van der Waals surface area contributed by atoms with Crippen LogP contribution in [-0.4, -0.2) is 66.7 Å². The fourth-order valence-electron chi connectivity index (χ4n) is 5.27. The molecule has 1 aromatic carbocycles. The molecule has 192 valence electrons. The smallest absolute Gasteiger partial charge is 0.319 e. The summed E-state index contributed by atoms with van der Waals surface area (Å²) in [6.45, 7) is 4.04. The summed E-state index contributed by atoms with van der Waals surface area (Å²) in [6, 6.07) is 4.88. The van der Waals surface area contributed by atoms with E-state index in [0.717, 1.165) is 19.3 Å². The summed E-state index contributed by atoms with van der Waals surface area (Å²) in [6.07, 6.45) is 7.01. The molecule has 1 aromatic rings. The van der Waals surface area contributed by atoms with Gasteiger partial charge >= 0.3 is 6.03 Å². The first-order chi connectivity index (χ1) is 16.8. The number of ether oxygens (including phenoxy) is 2. The third kappa shape index (κ3) is 6.45. The van der Waals surface area contributed by atoms with Crippen LogP contribution in [0.5, 0.6) is 5.75 Å². The highest BCUT2D eigenvalue weighted by atomic mass is 16.5. The number of rotatable bonds is 5. The number of hydrogen-bond donors (Lipinski definition) is 3. The second-order valence-electron chi connectivity index (χ2n) is 10.2. The lowest BCUT2D eigenvalue weighted by Crippen LogP contribution is -2.54. The van der Waals surface area contributed by atoms with Crippen molar-refractivity contribution < 1.29 is 23.9 Å². The van der Waals surface area contributed by atoms with Gasteiger partial charge in [0, 0.05) is 24.8 Å². The normalized spacial score (nSPS) is 25.0. The van der Waals surface area contributed by atoms with Gasteiger partial charge in [0.2, 0.25) is 5.91 Å². The first-order valence-electron chi connectivity index (χ1n) is 12.9. The van der Waals surface area contributed by atoms with Crippen LogP contribution in [0.15, 0.2) is 18.2 Å². The van der Waals surface area contributed by atoms with Crippen molar-refractivity contribution in [3.63, 3.8) is 0 Å². The number of nitrogens with one attached hydrogen (secondary N) is 3. The summed E-state index contributed by atoms with van der Waals surface area (Å²) < 4.78 is 12.3. The molecule has 3 N–H and O–H groups in total. The van der Waals surface area contributed by atoms with E-state index in [4.69, 9.17) is 9.47 Å². The van der Waals surface area contributed by atoms with Crippen molar-refractivity contribution in [1.82, 2.24) is 15.5 Å². The van der Waals surface area contributed by atoms with Gasteiger partial charge in [-0.05, 0) is 57.7 Å². The number of likely N-dealkylation sites (N-methyl/N-ethyl adjacent to an activating group) is 1. The molecule has 4 amide bonds. The number of urea groups is 1. The number of nitrogens with zero attached hydrogens (tertiary/aromatic N) is 1. The van der Waals surface area contributed by atoms with E-state index in [9.17, 15) is 14.4 Å². The molecule has 1 saturated heterocycles. The molecule has 2 aliphatic heterocycles. The number of carbonyl (C=O) groups excluding carboxylic acids is 3. The van der Waals surface area contributed by atoms with Crippen LogP contribution in [0.3, 0.4) is 0 Å². The van der Waals surface area contributed by atoms with E-state index in [1.165, 1.54) is 19.3 Å². The zero-order chi connectivity index (χ0) is 24.9. The van der Waals surface area contributed by atoms with Crippen LogP contribution < -0.4 is 20.7 Å². The molecule has 0 aromatic heterocycles. The molecular weight excluding hydrogens is 448 g/mol. The number of fused-ring (bicyclic) bond motifs is 2. The van der Waals surface area contributed by atoms with Gasteiger partial charge in [-0.3, -0.25) is 9.59 Å². The molecule has 3 atom stereocenters.